The van der Waals surface area contributed by atoms with Gasteiger partial charge in [0.05, 0.1) is 6.26 Å². The molecule has 2 amide bonds. The molecule has 0 atom stereocenters. The first-order valence-electron chi connectivity index (χ1n) is 8.82. The molecule has 2 heterocycles. The fourth-order valence-corrected chi connectivity index (χ4v) is 4.50. The largest absolute Gasteiger partial charge is 0.339 e. The van der Waals surface area contributed by atoms with E-state index in [1.54, 1.807) is 29.8 Å². The van der Waals surface area contributed by atoms with E-state index in [-0.39, 0.29) is 17.9 Å². The van der Waals surface area contributed by atoms with Crippen LogP contribution in [0.25, 0.3) is 0 Å². The average molecular weight is 379 g/mol. The highest BCUT2D eigenvalue weighted by molar-refractivity contribution is 7.88. The Kier molecular flexibility index (Phi) is 5.07. The molecule has 2 aliphatic rings. The third kappa shape index (κ3) is 3.61. The maximum Gasteiger partial charge on any atom is 0.253 e. The lowest BCUT2D eigenvalue weighted by atomic mass is 10.0. The minimum atomic E-state index is -3.21. The molecule has 142 valence electrons. The zero-order chi connectivity index (χ0) is 19.1. The molecule has 1 aromatic carbocycles. The van der Waals surface area contributed by atoms with Crippen molar-refractivity contribution in [3.05, 3.63) is 29.3 Å². The number of piperidine rings is 1. The van der Waals surface area contributed by atoms with Crippen LogP contribution in [0.2, 0.25) is 0 Å². The molecule has 0 aliphatic carbocycles. The summed E-state index contributed by atoms with van der Waals surface area (Å²) in [4.78, 5) is 28.0. The highest BCUT2D eigenvalue weighted by Crippen LogP contribution is 2.29. The summed E-state index contributed by atoms with van der Waals surface area (Å²) >= 11 is 0. The quantitative estimate of drug-likeness (QED) is 0.788. The summed E-state index contributed by atoms with van der Waals surface area (Å²) in [5.41, 5.74) is 2.55. The lowest BCUT2D eigenvalue weighted by Crippen LogP contribution is -2.47. The van der Waals surface area contributed by atoms with E-state index in [1.165, 1.54) is 10.6 Å². The first kappa shape index (κ1) is 18.8. The summed E-state index contributed by atoms with van der Waals surface area (Å²) in [6.07, 6.45) is 3.24. The SMILES string of the molecule is CC(=O)N1CCc2cc(C(=O)N3CCC(N(C)S(C)(=O)=O)CC3)ccc21. The van der Waals surface area contributed by atoms with Gasteiger partial charge in [-0.15, -0.1) is 0 Å². The van der Waals surface area contributed by atoms with E-state index >= 15 is 0 Å². The van der Waals surface area contributed by atoms with E-state index in [2.05, 4.69) is 0 Å². The van der Waals surface area contributed by atoms with Crippen LogP contribution in [0.15, 0.2) is 18.2 Å². The Bertz CT molecular complexity index is 829. The van der Waals surface area contributed by atoms with Crippen LogP contribution in [0.1, 0.15) is 35.7 Å². The molecule has 1 aromatic rings. The maximum absolute atomic E-state index is 12.8. The van der Waals surface area contributed by atoms with Gasteiger partial charge in [-0.1, -0.05) is 0 Å². The number of sulfonamides is 1. The van der Waals surface area contributed by atoms with Gasteiger partial charge < -0.3 is 9.80 Å². The van der Waals surface area contributed by atoms with Crippen molar-refractivity contribution in [2.45, 2.75) is 32.2 Å². The van der Waals surface area contributed by atoms with Crippen molar-refractivity contribution in [3.8, 4) is 0 Å². The predicted molar refractivity (Wildman–Crippen MR) is 99.7 cm³/mol. The molecular weight excluding hydrogens is 354 g/mol. The van der Waals surface area contributed by atoms with Crippen LogP contribution >= 0.6 is 0 Å². The second kappa shape index (κ2) is 7.00. The average Bonchev–Trinajstić information content (AvgIpc) is 3.03. The van der Waals surface area contributed by atoms with Crippen molar-refractivity contribution in [1.82, 2.24) is 9.21 Å². The molecule has 0 saturated carbocycles. The summed E-state index contributed by atoms with van der Waals surface area (Å²) in [7, 11) is -1.62. The Morgan fingerprint density at radius 3 is 2.38 bits per heavy atom. The Morgan fingerprint density at radius 2 is 1.81 bits per heavy atom. The number of benzene rings is 1. The highest BCUT2D eigenvalue weighted by Gasteiger charge is 2.30. The predicted octanol–water partition coefficient (Wildman–Crippen LogP) is 1.09. The topological polar surface area (TPSA) is 78.0 Å². The summed E-state index contributed by atoms with van der Waals surface area (Å²) in [5, 5.41) is 0. The van der Waals surface area contributed by atoms with Crippen LogP contribution in [0, 0.1) is 0 Å². The molecule has 0 unspecified atom stereocenters. The second-order valence-electron chi connectivity index (χ2n) is 7.07. The lowest BCUT2D eigenvalue weighted by molar-refractivity contribution is -0.116. The van der Waals surface area contributed by atoms with Crippen LogP contribution in [0.5, 0.6) is 0 Å². The van der Waals surface area contributed by atoms with Gasteiger partial charge in [0.15, 0.2) is 0 Å². The minimum Gasteiger partial charge on any atom is -0.339 e. The molecule has 0 spiro atoms. The normalized spacial score (nSPS) is 18.3. The highest BCUT2D eigenvalue weighted by atomic mass is 32.2. The minimum absolute atomic E-state index is 0.0138. The van der Waals surface area contributed by atoms with E-state index in [1.807, 2.05) is 12.1 Å². The fraction of sp³-hybridized carbons (Fsp3) is 0.556. The summed E-state index contributed by atoms with van der Waals surface area (Å²) in [6, 6.07) is 5.45. The Hall–Kier alpha value is -1.93. The number of carbonyl (C=O) groups is 2. The number of carbonyl (C=O) groups excluding carboxylic acids is 2. The number of hydrogen-bond donors (Lipinski definition) is 0. The van der Waals surface area contributed by atoms with Crippen molar-refractivity contribution >= 4 is 27.5 Å². The molecule has 0 N–H and O–H groups in total. The number of hydrogen-bond acceptors (Lipinski definition) is 4. The van der Waals surface area contributed by atoms with Crippen LogP contribution in [-0.2, 0) is 21.2 Å². The van der Waals surface area contributed by atoms with Gasteiger partial charge in [0.25, 0.3) is 5.91 Å². The summed E-state index contributed by atoms with van der Waals surface area (Å²) in [6.45, 7) is 3.29. The zero-order valence-corrected chi connectivity index (χ0v) is 16.3. The van der Waals surface area contributed by atoms with Gasteiger partial charge in [-0.05, 0) is 43.0 Å². The van der Waals surface area contributed by atoms with E-state index in [0.717, 1.165) is 17.7 Å². The van der Waals surface area contributed by atoms with Crippen molar-refractivity contribution in [2.24, 2.45) is 0 Å². The molecule has 1 fully saturated rings. The standard InChI is InChI=1S/C18H25N3O4S/c1-13(22)21-11-6-14-12-15(4-5-17(14)21)18(23)20-9-7-16(8-10-20)19(2)26(3,24)25/h4-5,12,16H,6-11H2,1-3H3. The van der Waals surface area contributed by atoms with Crippen LogP contribution < -0.4 is 4.90 Å². The molecule has 7 nitrogen and oxygen atoms in total. The van der Waals surface area contributed by atoms with Crippen LogP contribution in [0.3, 0.4) is 0 Å². The maximum atomic E-state index is 12.8. The van der Waals surface area contributed by atoms with Crippen LogP contribution in [-0.4, -0.2) is 68.4 Å². The third-order valence-corrected chi connectivity index (χ3v) is 6.74. The number of anilines is 1. The number of nitrogens with zero attached hydrogens (tertiary/aromatic N) is 3. The monoisotopic (exact) mass is 379 g/mol. The summed E-state index contributed by atoms with van der Waals surface area (Å²) in [5.74, 6) is -0.0190. The molecular formula is C18H25N3O4S. The molecule has 0 bridgehead atoms. The van der Waals surface area contributed by atoms with Gasteiger partial charge >= 0.3 is 0 Å². The van der Waals surface area contributed by atoms with E-state index in [4.69, 9.17) is 0 Å². The summed E-state index contributed by atoms with van der Waals surface area (Å²) < 4.78 is 24.7. The van der Waals surface area contributed by atoms with Crippen molar-refractivity contribution in [1.29, 1.82) is 0 Å². The van der Waals surface area contributed by atoms with E-state index < -0.39 is 10.0 Å². The first-order valence-corrected chi connectivity index (χ1v) is 10.7. The van der Waals surface area contributed by atoms with Crippen molar-refractivity contribution < 1.29 is 18.0 Å². The molecule has 0 aromatic heterocycles. The number of likely N-dealkylation sites (tertiary alicyclic amines) is 1. The first-order chi connectivity index (χ1) is 12.2. The van der Waals surface area contributed by atoms with E-state index in [0.29, 0.717) is 38.0 Å². The Balaban J connectivity index is 1.67. The Morgan fingerprint density at radius 1 is 1.15 bits per heavy atom. The Labute approximate surface area is 154 Å². The molecule has 3 rings (SSSR count). The van der Waals surface area contributed by atoms with Gasteiger partial charge in [-0.3, -0.25) is 9.59 Å². The molecule has 1 saturated heterocycles. The molecule has 2 aliphatic heterocycles. The number of fused-ring (bicyclic) bond motifs is 1. The van der Waals surface area contributed by atoms with Gasteiger partial charge in [0.1, 0.15) is 0 Å². The second-order valence-corrected chi connectivity index (χ2v) is 9.11. The lowest BCUT2D eigenvalue weighted by Gasteiger charge is -2.35. The van der Waals surface area contributed by atoms with Gasteiger partial charge in [0.2, 0.25) is 15.9 Å². The molecule has 8 heteroatoms. The van der Waals surface area contributed by atoms with Gasteiger partial charge in [-0.2, -0.15) is 0 Å². The third-order valence-electron chi connectivity index (χ3n) is 5.39. The van der Waals surface area contributed by atoms with Crippen molar-refractivity contribution in [2.75, 3.05) is 37.8 Å². The van der Waals surface area contributed by atoms with Crippen LogP contribution in [0.4, 0.5) is 5.69 Å². The zero-order valence-electron chi connectivity index (χ0n) is 15.4. The smallest absolute Gasteiger partial charge is 0.253 e. The van der Waals surface area contributed by atoms with Gasteiger partial charge in [-0.25, -0.2) is 12.7 Å². The van der Waals surface area contributed by atoms with E-state index in [9.17, 15) is 18.0 Å². The fourth-order valence-electron chi connectivity index (χ4n) is 3.75. The number of amides is 2. The van der Waals surface area contributed by atoms with Crippen molar-refractivity contribution in [3.63, 3.8) is 0 Å². The number of rotatable bonds is 3. The molecule has 0 radical (unpaired) electrons. The molecule has 26 heavy (non-hydrogen) atoms. The van der Waals surface area contributed by atoms with Gasteiger partial charge in [0, 0.05) is 50.9 Å².